The molecule has 136 valence electrons. The van der Waals surface area contributed by atoms with Crippen molar-refractivity contribution in [3.63, 3.8) is 0 Å². The van der Waals surface area contributed by atoms with Gasteiger partial charge in [0.2, 0.25) is 6.10 Å². The Labute approximate surface area is 153 Å². The van der Waals surface area contributed by atoms with E-state index in [4.69, 9.17) is 9.47 Å². The summed E-state index contributed by atoms with van der Waals surface area (Å²) < 4.78 is 11.4. The summed E-state index contributed by atoms with van der Waals surface area (Å²) >= 11 is 0. The number of ether oxygens (including phenoxy) is 2. The highest BCUT2D eigenvalue weighted by molar-refractivity contribution is 5.82. The van der Waals surface area contributed by atoms with Gasteiger partial charge in [-0.05, 0) is 30.5 Å². The fourth-order valence-electron chi connectivity index (χ4n) is 3.52. The fraction of sp³-hybridized carbons (Fsp3) is 0.381. The van der Waals surface area contributed by atoms with Gasteiger partial charge in [-0.15, -0.1) is 0 Å². The van der Waals surface area contributed by atoms with Gasteiger partial charge in [0.15, 0.2) is 11.5 Å². The van der Waals surface area contributed by atoms with Crippen LogP contribution < -0.4 is 14.8 Å². The molecule has 1 amide bonds. The highest BCUT2D eigenvalue weighted by atomic mass is 16.6. The molecule has 26 heavy (non-hydrogen) atoms. The molecule has 2 heterocycles. The summed E-state index contributed by atoms with van der Waals surface area (Å²) in [6.45, 7) is 3.21. The lowest BCUT2D eigenvalue weighted by Gasteiger charge is -2.33. The van der Waals surface area contributed by atoms with Crippen molar-refractivity contribution in [2.45, 2.75) is 31.5 Å². The Bertz CT molecular complexity index is 742. The number of rotatable bonds is 4. The van der Waals surface area contributed by atoms with E-state index in [9.17, 15) is 4.79 Å². The molecule has 5 nitrogen and oxygen atoms in total. The van der Waals surface area contributed by atoms with Crippen molar-refractivity contribution in [1.82, 2.24) is 10.2 Å². The summed E-state index contributed by atoms with van der Waals surface area (Å²) in [7, 11) is 0. The molecule has 1 N–H and O–H groups in total. The molecule has 4 rings (SSSR count). The molecule has 0 radical (unpaired) electrons. The lowest BCUT2D eigenvalue weighted by Crippen LogP contribution is -2.50. The van der Waals surface area contributed by atoms with Crippen LogP contribution in [-0.2, 0) is 11.3 Å². The number of fused-ring (bicyclic) bond motifs is 1. The molecule has 0 unspecified atom stereocenters. The van der Waals surface area contributed by atoms with Crippen molar-refractivity contribution in [3.8, 4) is 11.5 Å². The highest BCUT2D eigenvalue weighted by Crippen LogP contribution is 2.31. The Kier molecular flexibility index (Phi) is 5.07. The van der Waals surface area contributed by atoms with Crippen LogP contribution in [0.4, 0.5) is 0 Å². The second-order valence-corrected chi connectivity index (χ2v) is 6.91. The Balaban J connectivity index is 1.25. The van der Waals surface area contributed by atoms with Crippen LogP contribution in [0.25, 0.3) is 0 Å². The van der Waals surface area contributed by atoms with Crippen LogP contribution in [0.5, 0.6) is 11.5 Å². The first-order chi connectivity index (χ1) is 12.8. The van der Waals surface area contributed by atoms with E-state index in [0.29, 0.717) is 11.5 Å². The molecule has 2 aromatic rings. The molecule has 0 aliphatic carbocycles. The molecule has 1 saturated heterocycles. The Morgan fingerprint density at radius 1 is 1.00 bits per heavy atom. The third-order valence-electron chi connectivity index (χ3n) is 4.98. The normalized spacial score (nSPS) is 20.5. The van der Waals surface area contributed by atoms with Gasteiger partial charge in [0.25, 0.3) is 5.91 Å². The van der Waals surface area contributed by atoms with Crippen molar-refractivity contribution in [2.75, 3.05) is 19.7 Å². The number of hydrogen-bond acceptors (Lipinski definition) is 4. The summed E-state index contributed by atoms with van der Waals surface area (Å²) in [5.41, 5.74) is 1.33. The van der Waals surface area contributed by atoms with Gasteiger partial charge in [-0.1, -0.05) is 42.5 Å². The van der Waals surface area contributed by atoms with Crippen molar-refractivity contribution in [2.24, 2.45) is 0 Å². The second kappa shape index (κ2) is 7.79. The number of carbonyl (C=O) groups is 1. The average molecular weight is 352 g/mol. The van der Waals surface area contributed by atoms with Gasteiger partial charge in [-0.25, -0.2) is 0 Å². The maximum Gasteiger partial charge on any atom is 0.264 e. The summed E-state index contributed by atoms with van der Waals surface area (Å²) in [6.07, 6.45) is 1.35. The van der Waals surface area contributed by atoms with E-state index in [1.807, 2.05) is 30.3 Å². The molecule has 2 aliphatic heterocycles. The molecule has 1 atom stereocenters. The summed E-state index contributed by atoms with van der Waals surface area (Å²) in [6, 6.07) is 18.2. The summed E-state index contributed by atoms with van der Waals surface area (Å²) in [5, 5.41) is 3.13. The van der Waals surface area contributed by atoms with Crippen LogP contribution in [-0.4, -0.2) is 42.6 Å². The van der Waals surface area contributed by atoms with Crippen molar-refractivity contribution in [3.05, 3.63) is 60.2 Å². The molecule has 2 aliphatic rings. The Hall–Kier alpha value is -2.53. The van der Waals surface area contributed by atoms with Crippen LogP contribution >= 0.6 is 0 Å². The van der Waals surface area contributed by atoms with E-state index >= 15 is 0 Å². The third kappa shape index (κ3) is 3.99. The number of benzene rings is 2. The van der Waals surface area contributed by atoms with Crippen molar-refractivity contribution < 1.29 is 14.3 Å². The molecular weight excluding hydrogens is 328 g/mol. The van der Waals surface area contributed by atoms with Gasteiger partial charge in [0.1, 0.15) is 6.61 Å². The number of para-hydroxylation sites is 2. The SMILES string of the molecule is O=C(NC1CCN(Cc2ccccc2)CC1)[C@H]1COc2ccccc2O1. The van der Waals surface area contributed by atoms with Crippen molar-refractivity contribution in [1.29, 1.82) is 0 Å². The van der Waals surface area contributed by atoms with Crippen LogP contribution in [0, 0.1) is 0 Å². The number of nitrogens with one attached hydrogen (secondary N) is 1. The van der Waals surface area contributed by atoms with Crippen LogP contribution in [0.2, 0.25) is 0 Å². The molecule has 0 aromatic heterocycles. The van der Waals surface area contributed by atoms with Gasteiger partial charge < -0.3 is 14.8 Å². The summed E-state index contributed by atoms with van der Waals surface area (Å²) in [4.78, 5) is 15.0. The lowest BCUT2D eigenvalue weighted by molar-refractivity contribution is -0.131. The van der Waals surface area contributed by atoms with Gasteiger partial charge in [-0.3, -0.25) is 9.69 Å². The molecule has 5 heteroatoms. The third-order valence-corrected chi connectivity index (χ3v) is 4.98. The number of amides is 1. The molecular formula is C21H24N2O3. The smallest absolute Gasteiger partial charge is 0.264 e. The molecule has 0 saturated carbocycles. The zero-order chi connectivity index (χ0) is 17.8. The molecule has 0 spiro atoms. The molecule has 0 bridgehead atoms. The minimum atomic E-state index is -0.577. The predicted molar refractivity (Wildman–Crippen MR) is 99.2 cm³/mol. The number of nitrogens with zero attached hydrogens (tertiary/aromatic N) is 1. The van der Waals surface area contributed by atoms with Gasteiger partial charge >= 0.3 is 0 Å². The van der Waals surface area contributed by atoms with Crippen LogP contribution in [0.15, 0.2) is 54.6 Å². The maximum absolute atomic E-state index is 12.5. The monoisotopic (exact) mass is 352 g/mol. The summed E-state index contributed by atoms with van der Waals surface area (Å²) in [5.74, 6) is 1.25. The zero-order valence-corrected chi connectivity index (χ0v) is 14.8. The van der Waals surface area contributed by atoms with Crippen LogP contribution in [0.1, 0.15) is 18.4 Å². The van der Waals surface area contributed by atoms with Gasteiger partial charge in [-0.2, -0.15) is 0 Å². The van der Waals surface area contributed by atoms with Crippen molar-refractivity contribution >= 4 is 5.91 Å². The minimum Gasteiger partial charge on any atom is -0.485 e. The number of hydrogen-bond donors (Lipinski definition) is 1. The highest BCUT2D eigenvalue weighted by Gasteiger charge is 2.29. The fourth-order valence-corrected chi connectivity index (χ4v) is 3.52. The van der Waals surface area contributed by atoms with Crippen LogP contribution in [0.3, 0.4) is 0 Å². The predicted octanol–water partition coefficient (Wildman–Crippen LogP) is 2.61. The van der Waals surface area contributed by atoms with E-state index in [-0.39, 0.29) is 18.6 Å². The van der Waals surface area contributed by atoms with E-state index in [1.54, 1.807) is 0 Å². The Morgan fingerprint density at radius 3 is 2.46 bits per heavy atom. The number of carbonyl (C=O) groups excluding carboxylic acids is 1. The lowest BCUT2D eigenvalue weighted by atomic mass is 10.0. The van der Waals surface area contributed by atoms with E-state index in [0.717, 1.165) is 32.5 Å². The largest absolute Gasteiger partial charge is 0.485 e. The topological polar surface area (TPSA) is 50.8 Å². The molecule has 2 aromatic carbocycles. The maximum atomic E-state index is 12.5. The number of piperidine rings is 1. The van der Waals surface area contributed by atoms with E-state index < -0.39 is 6.10 Å². The van der Waals surface area contributed by atoms with Gasteiger partial charge in [0.05, 0.1) is 0 Å². The molecule has 1 fully saturated rings. The zero-order valence-electron chi connectivity index (χ0n) is 14.8. The second-order valence-electron chi connectivity index (χ2n) is 6.91. The Morgan fingerprint density at radius 2 is 1.69 bits per heavy atom. The standard InChI is InChI=1S/C21H24N2O3/c24-21(20-15-25-18-8-4-5-9-19(18)26-20)22-17-10-12-23(13-11-17)14-16-6-2-1-3-7-16/h1-9,17,20H,10-15H2,(H,22,24)/t20-/m1/s1. The van der Waals surface area contributed by atoms with Gasteiger partial charge in [0, 0.05) is 25.7 Å². The van der Waals surface area contributed by atoms with E-state index in [2.05, 4.69) is 34.5 Å². The minimum absolute atomic E-state index is 0.0824. The first-order valence-electron chi connectivity index (χ1n) is 9.23. The first-order valence-corrected chi connectivity index (χ1v) is 9.23. The van der Waals surface area contributed by atoms with E-state index in [1.165, 1.54) is 5.56 Å². The quantitative estimate of drug-likeness (QED) is 0.919. The first kappa shape index (κ1) is 16.9. The average Bonchev–Trinajstić information content (AvgIpc) is 2.70. The number of likely N-dealkylation sites (tertiary alicyclic amines) is 1.